The summed E-state index contributed by atoms with van der Waals surface area (Å²) in [4.78, 5) is 31.1. The van der Waals surface area contributed by atoms with E-state index in [-0.39, 0.29) is 18.4 Å². The van der Waals surface area contributed by atoms with Gasteiger partial charge in [0.25, 0.3) is 0 Å². The van der Waals surface area contributed by atoms with Crippen LogP contribution in [0.1, 0.15) is 41.6 Å². The van der Waals surface area contributed by atoms with E-state index in [1.807, 2.05) is 0 Å². The molecule has 2 saturated heterocycles. The Labute approximate surface area is 241 Å². The average Bonchev–Trinajstić information content (AvgIpc) is 3.63. The van der Waals surface area contributed by atoms with E-state index < -0.39 is 0 Å². The number of fused-ring (bicyclic) bond motifs is 2. The lowest BCUT2D eigenvalue weighted by molar-refractivity contribution is -0.128. The number of hydrogen-bond acceptors (Lipinski definition) is 10. The molecule has 0 saturated carbocycles. The summed E-state index contributed by atoms with van der Waals surface area (Å²) >= 11 is 0. The molecule has 2 atom stereocenters. The Morgan fingerprint density at radius 1 is 1.20 bits per heavy atom. The molecule has 0 spiro atoms. The molecular weight excluding hydrogens is 518 g/mol. The molecule has 1 amide bonds. The van der Waals surface area contributed by atoms with Crippen molar-refractivity contribution in [2.75, 3.05) is 56.2 Å². The van der Waals surface area contributed by atoms with Crippen LogP contribution in [-0.2, 0) is 24.3 Å². The molecule has 1 aromatic heterocycles. The Kier molecular flexibility index (Phi) is 7.58. The van der Waals surface area contributed by atoms with Crippen LogP contribution in [0, 0.1) is 18.3 Å². The highest BCUT2D eigenvalue weighted by atomic mass is 16.5. The fourth-order valence-electron chi connectivity index (χ4n) is 6.54. The number of carbonyl (C=O) groups excluding carboxylic acids is 1. The Balaban J connectivity index is 1.33. The van der Waals surface area contributed by atoms with Gasteiger partial charge in [0.2, 0.25) is 5.91 Å². The van der Waals surface area contributed by atoms with Crippen LogP contribution in [0.5, 0.6) is 6.01 Å². The van der Waals surface area contributed by atoms with Crippen molar-refractivity contribution >= 4 is 23.1 Å². The first-order chi connectivity index (χ1) is 20.0. The fraction of sp³-hybridized carbons (Fsp3) is 0.533. The number of hydrogen-bond donors (Lipinski definition) is 0. The number of nitriles is 1. The number of likely N-dealkylation sites (tertiary alicyclic amines) is 1. The van der Waals surface area contributed by atoms with Crippen molar-refractivity contribution in [2.45, 2.75) is 57.8 Å². The summed E-state index contributed by atoms with van der Waals surface area (Å²) in [5.41, 5.74) is 6.47. The van der Waals surface area contributed by atoms with Crippen LogP contribution in [0.4, 0.5) is 17.2 Å². The van der Waals surface area contributed by atoms with Gasteiger partial charge in [0, 0.05) is 43.3 Å². The van der Waals surface area contributed by atoms with E-state index in [2.05, 4.69) is 63.7 Å². The van der Waals surface area contributed by atoms with Crippen molar-refractivity contribution in [1.29, 1.82) is 5.26 Å². The molecule has 11 nitrogen and oxygen atoms in total. The van der Waals surface area contributed by atoms with Gasteiger partial charge in [-0.05, 0) is 51.4 Å². The van der Waals surface area contributed by atoms with Gasteiger partial charge in [0.1, 0.15) is 18.1 Å². The summed E-state index contributed by atoms with van der Waals surface area (Å²) in [6.45, 7) is 11.1. The zero-order valence-electron chi connectivity index (χ0n) is 23.9. The highest BCUT2D eigenvalue weighted by Crippen LogP contribution is 2.42. The third kappa shape index (κ3) is 5.24. The maximum absolute atomic E-state index is 12.5. The van der Waals surface area contributed by atoms with E-state index in [0.29, 0.717) is 51.4 Å². The number of piperazine rings is 1. The normalized spacial score (nSPS) is 21.9. The molecule has 6 rings (SSSR count). The lowest BCUT2D eigenvalue weighted by atomic mass is 10.00. The molecule has 1 aromatic carbocycles. The van der Waals surface area contributed by atoms with Crippen molar-refractivity contribution in [3.63, 3.8) is 0 Å². The summed E-state index contributed by atoms with van der Waals surface area (Å²) in [6.07, 6.45) is 4.62. The molecule has 0 radical (unpaired) electrons. The van der Waals surface area contributed by atoms with Crippen LogP contribution in [0.15, 0.2) is 35.0 Å². The molecule has 0 bridgehead atoms. The lowest BCUT2D eigenvalue weighted by Gasteiger charge is -2.42. The molecule has 214 valence electrons. The summed E-state index contributed by atoms with van der Waals surface area (Å²) in [5.74, 6) is 0.714. The van der Waals surface area contributed by atoms with Crippen LogP contribution in [0.2, 0.25) is 0 Å². The number of likely N-dealkylation sites (N-methyl/N-ethyl adjacent to an activating group) is 1. The molecule has 0 N–H and O–H groups in total. The Morgan fingerprint density at radius 3 is 2.85 bits per heavy atom. The smallest absolute Gasteiger partial charge is 0.318 e. The van der Waals surface area contributed by atoms with Crippen molar-refractivity contribution in [1.82, 2.24) is 19.8 Å². The molecule has 5 heterocycles. The highest BCUT2D eigenvalue weighted by Gasteiger charge is 2.34. The summed E-state index contributed by atoms with van der Waals surface area (Å²) in [6, 6.07) is 7.03. The second kappa shape index (κ2) is 11.4. The van der Waals surface area contributed by atoms with E-state index in [1.54, 1.807) is 4.90 Å². The highest BCUT2D eigenvalue weighted by molar-refractivity contribution is 5.87. The third-order valence-corrected chi connectivity index (χ3v) is 8.83. The van der Waals surface area contributed by atoms with Gasteiger partial charge in [-0.15, -0.1) is 0 Å². The largest absolute Gasteiger partial charge is 0.462 e. The van der Waals surface area contributed by atoms with Gasteiger partial charge < -0.3 is 24.3 Å². The van der Waals surface area contributed by atoms with E-state index in [0.717, 1.165) is 59.9 Å². The zero-order valence-corrected chi connectivity index (χ0v) is 23.9. The van der Waals surface area contributed by atoms with Crippen LogP contribution in [0.25, 0.3) is 0 Å². The van der Waals surface area contributed by atoms with Crippen molar-refractivity contribution in [3.05, 3.63) is 47.2 Å². The van der Waals surface area contributed by atoms with Crippen LogP contribution >= 0.6 is 0 Å². The van der Waals surface area contributed by atoms with Gasteiger partial charge >= 0.3 is 6.01 Å². The van der Waals surface area contributed by atoms with Gasteiger partial charge in [-0.2, -0.15) is 25.5 Å². The molecule has 2 fully saturated rings. The Morgan fingerprint density at radius 2 is 2.07 bits per heavy atom. The maximum Gasteiger partial charge on any atom is 0.318 e. The number of nitrogens with zero attached hydrogens (tertiary/aromatic N) is 9. The molecule has 0 aliphatic carbocycles. The second-order valence-electron chi connectivity index (χ2n) is 11.4. The van der Waals surface area contributed by atoms with E-state index in [9.17, 15) is 10.1 Å². The molecular formula is C30H37N9O2. The van der Waals surface area contributed by atoms with Crippen molar-refractivity contribution in [2.24, 2.45) is 10.2 Å². The maximum atomic E-state index is 12.5. The van der Waals surface area contributed by atoms with Crippen LogP contribution in [0.3, 0.4) is 0 Å². The molecule has 1 unspecified atom stereocenters. The number of aromatic nitrogens is 2. The van der Waals surface area contributed by atoms with Gasteiger partial charge in [-0.3, -0.25) is 4.79 Å². The molecule has 4 aliphatic heterocycles. The minimum atomic E-state index is -0.235. The predicted molar refractivity (Wildman–Crippen MR) is 155 cm³/mol. The van der Waals surface area contributed by atoms with Gasteiger partial charge in [-0.1, -0.05) is 18.7 Å². The number of anilines is 2. The lowest BCUT2D eigenvalue weighted by Crippen LogP contribution is -2.55. The molecule has 2 aromatic rings. The fourth-order valence-corrected chi connectivity index (χ4v) is 6.54. The first-order valence-corrected chi connectivity index (χ1v) is 14.5. The SMILES string of the molecule is C=CC(=O)N1CCN(c2nc(OC[C@@H]3CCCN3C)nc3c2CCN(c2c(C)ccc4c2N=NC4)C3)CC1CC#N. The summed E-state index contributed by atoms with van der Waals surface area (Å²) in [7, 11) is 2.13. The number of carbonyl (C=O) groups is 1. The quantitative estimate of drug-likeness (QED) is 0.477. The topological polar surface area (TPSA) is 114 Å². The minimum absolute atomic E-state index is 0.141. The molecule has 41 heavy (non-hydrogen) atoms. The molecule has 11 heteroatoms. The predicted octanol–water partition coefficient (Wildman–Crippen LogP) is 3.53. The Hall–Kier alpha value is -4.04. The minimum Gasteiger partial charge on any atom is -0.462 e. The van der Waals surface area contributed by atoms with Gasteiger partial charge in [0.15, 0.2) is 0 Å². The number of rotatable bonds is 7. The standard InChI is InChI=1S/C30H37N9O2/c1-4-26(40)39-15-14-38(17-22(39)9-11-31)29-24-10-13-37(28-20(2)7-8-21-16-32-35-27(21)28)18-25(24)33-30(34-29)41-19-23-6-5-12-36(23)3/h4,7-8,22-23H,1,5-6,9-10,12-19H2,2-3H3/t22?,23-/m0/s1. The second-order valence-corrected chi connectivity index (χ2v) is 11.4. The Bertz CT molecular complexity index is 1420. The third-order valence-electron chi connectivity index (χ3n) is 8.83. The van der Waals surface area contributed by atoms with Crippen molar-refractivity contribution in [3.8, 4) is 12.1 Å². The number of azo groups is 1. The number of amides is 1. The number of aryl methyl sites for hydroxylation is 1. The van der Waals surface area contributed by atoms with Crippen LogP contribution in [-0.4, -0.2) is 84.1 Å². The van der Waals surface area contributed by atoms with Gasteiger partial charge in [-0.25, -0.2) is 0 Å². The van der Waals surface area contributed by atoms with Crippen LogP contribution < -0.4 is 14.5 Å². The monoisotopic (exact) mass is 555 g/mol. The molecule has 4 aliphatic rings. The number of ether oxygens (including phenoxy) is 1. The van der Waals surface area contributed by atoms with Crippen molar-refractivity contribution < 1.29 is 9.53 Å². The van der Waals surface area contributed by atoms with Gasteiger partial charge in [0.05, 0.1) is 43.0 Å². The average molecular weight is 556 g/mol. The first kappa shape index (κ1) is 27.1. The summed E-state index contributed by atoms with van der Waals surface area (Å²) in [5, 5.41) is 18.3. The van der Waals surface area contributed by atoms with E-state index in [4.69, 9.17) is 14.7 Å². The van der Waals surface area contributed by atoms with E-state index >= 15 is 0 Å². The summed E-state index contributed by atoms with van der Waals surface area (Å²) < 4.78 is 6.27. The first-order valence-electron chi connectivity index (χ1n) is 14.5. The number of benzene rings is 1. The van der Waals surface area contributed by atoms with E-state index in [1.165, 1.54) is 18.1 Å². The zero-order chi connectivity index (χ0) is 28.5.